The van der Waals surface area contributed by atoms with E-state index in [-0.39, 0.29) is 45.0 Å². The van der Waals surface area contributed by atoms with Gasteiger partial charge in [-0.1, -0.05) is 53.7 Å². The summed E-state index contributed by atoms with van der Waals surface area (Å²) in [7, 11) is 0. The van der Waals surface area contributed by atoms with Crippen molar-refractivity contribution in [1.82, 2.24) is 0 Å². The molecule has 9 atom stereocenters. The van der Waals surface area contributed by atoms with E-state index in [0.29, 0.717) is 18.1 Å². The van der Waals surface area contributed by atoms with Gasteiger partial charge in [-0.25, -0.2) is 0 Å². The van der Waals surface area contributed by atoms with Crippen molar-refractivity contribution in [3.05, 3.63) is 24.0 Å². The Hall–Kier alpha value is -1.58. The molecule has 4 fully saturated rings. The monoisotopic (exact) mass is 524 g/mol. The van der Waals surface area contributed by atoms with Gasteiger partial charge in [-0.2, -0.15) is 0 Å². The van der Waals surface area contributed by atoms with E-state index in [9.17, 15) is 14.7 Å². The molecule has 0 spiro atoms. The van der Waals surface area contributed by atoms with Crippen LogP contribution < -0.4 is 0 Å². The topological polar surface area (TPSA) is 63.6 Å². The summed E-state index contributed by atoms with van der Waals surface area (Å²) in [5.41, 5.74) is 0.429. The fourth-order valence-corrected chi connectivity index (χ4v) is 11.3. The molecule has 0 radical (unpaired) electrons. The minimum Gasteiger partial charge on any atom is -0.495 e. The second-order valence-electron chi connectivity index (χ2n) is 15.8. The number of hydrogen-bond acceptors (Lipinski definition) is 3. The first kappa shape index (κ1) is 28.0. The number of carbonyl (C=O) groups excluding carboxylic acids is 1. The van der Waals surface area contributed by atoms with E-state index in [1.54, 1.807) is 0 Å². The zero-order chi connectivity index (χ0) is 28.1. The van der Waals surface area contributed by atoms with Crippen molar-refractivity contribution >= 4 is 11.8 Å². The standard InChI is InChI=1S/C34H52O4/c1-10-34-17-15-30(6,28(36)37)20-23(34)22-19-24(35)27-31(7)13-12-26(38-21(2)3)29(4,5)25(31)11-14-33(27,9)32(22,8)16-18-34/h19,23,25-27H,2,10-18,20H2,1,3-9H3,(H,36,37)/t23?,25?,26?,27?,30-,31?,32?,33?,34?/m0/s1. The lowest BCUT2D eigenvalue weighted by atomic mass is 9.33. The summed E-state index contributed by atoms with van der Waals surface area (Å²) in [4.78, 5) is 26.9. The molecule has 1 N–H and O–H groups in total. The lowest BCUT2D eigenvalue weighted by Gasteiger charge is -2.70. The molecule has 0 aromatic rings. The smallest absolute Gasteiger partial charge is 0.309 e. The van der Waals surface area contributed by atoms with Crippen LogP contribution in [-0.2, 0) is 14.3 Å². The van der Waals surface area contributed by atoms with Crippen LogP contribution in [0.5, 0.6) is 0 Å². The molecule has 212 valence electrons. The maximum absolute atomic E-state index is 14.5. The highest BCUT2D eigenvalue weighted by Crippen LogP contribution is 2.75. The molecular formula is C34H52O4. The van der Waals surface area contributed by atoms with E-state index in [0.717, 1.165) is 63.5 Å². The Bertz CT molecular complexity index is 1090. The highest BCUT2D eigenvalue weighted by atomic mass is 16.5. The third-order valence-electron chi connectivity index (χ3n) is 13.8. The summed E-state index contributed by atoms with van der Waals surface area (Å²) in [6, 6.07) is 0. The van der Waals surface area contributed by atoms with Crippen molar-refractivity contribution < 1.29 is 19.4 Å². The van der Waals surface area contributed by atoms with Crippen LogP contribution in [0.2, 0.25) is 0 Å². The number of rotatable bonds is 4. The van der Waals surface area contributed by atoms with E-state index in [1.807, 2.05) is 13.8 Å². The predicted octanol–water partition coefficient (Wildman–Crippen LogP) is 8.36. The molecule has 0 saturated heterocycles. The van der Waals surface area contributed by atoms with Crippen molar-refractivity contribution in [3.8, 4) is 0 Å². The van der Waals surface area contributed by atoms with Crippen LogP contribution in [0.4, 0.5) is 0 Å². The highest BCUT2D eigenvalue weighted by molar-refractivity contribution is 5.95. The number of fused-ring (bicyclic) bond motifs is 7. The Labute approximate surface area is 231 Å². The van der Waals surface area contributed by atoms with Crippen LogP contribution in [-0.4, -0.2) is 23.0 Å². The molecule has 38 heavy (non-hydrogen) atoms. The largest absolute Gasteiger partial charge is 0.495 e. The van der Waals surface area contributed by atoms with Crippen molar-refractivity contribution in [1.29, 1.82) is 0 Å². The average molecular weight is 525 g/mol. The number of carbonyl (C=O) groups is 2. The van der Waals surface area contributed by atoms with Gasteiger partial charge >= 0.3 is 5.97 Å². The van der Waals surface area contributed by atoms with Crippen LogP contribution in [0.1, 0.15) is 120 Å². The average Bonchev–Trinajstić information content (AvgIpc) is 2.82. The molecule has 4 saturated carbocycles. The Morgan fingerprint density at radius 1 is 1.03 bits per heavy atom. The van der Waals surface area contributed by atoms with E-state index in [4.69, 9.17) is 4.74 Å². The molecule has 5 rings (SSSR count). The molecule has 0 aromatic carbocycles. The van der Waals surface area contributed by atoms with Crippen molar-refractivity contribution in [2.24, 2.45) is 50.2 Å². The van der Waals surface area contributed by atoms with E-state index >= 15 is 0 Å². The molecule has 0 aromatic heterocycles. The van der Waals surface area contributed by atoms with Gasteiger partial charge in [0.15, 0.2) is 5.78 Å². The summed E-state index contributed by atoms with van der Waals surface area (Å²) in [6.45, 7) is 22.2. The minimum atomic E-state index is -0.710. The zero-order valence-corrected chi connectivity index (χ0v) is 25.3. The first-order valence-corrected chi connectivity index (χ1v) is 15.3. The lowest BCUT2D eigenvalue weighted by molar-refractivity contribution is -0.205. The molecule has 0 aliphatic heterocycles. The summed E-state index contributed by atoms with van der Waals surface area (Å²) >= 11 is 0. The third-order valence-corrected chi connectivity index (χ3v) is 13.8. The van der Waals surface area contributed by atoms with Gasteiger partial charge < -0.3 is 9.84 Å². The van der Waals surface area contributed by atoms with E-state index in [2.05, 4.69) is 54.2 Å². The van der Waals surface area contributed by atoms with Gasteiger partial charge in [-0.3, -0.25) is 9.59 Å². The lowest BCUT2D eigenvalue weighted by Crippen LogP contribution is -2.66. The number of aliphatic carboxylic acids is 1. The normalized spacial score (nSPS) is 49.5. The molecule has 5 aliphatic rings. The molecule has 0 heterocycles. The second-order valence-corrected chi connectivity index (χ2v) is 15.8. The van der Waals surface area contributed by atoms with Crippen LogP contribution in [0.3, 0.4) is 0 Å². The van der Waals surface area contributed by atoms with Gasteiger partial charge in [-0.05, 0) is 118 Å². The summed E-state index contributed by atoms with van der Waals surface area (Å²) in [5.74, 6) is 1.02. The van der Waals surface area contributed by atoms with E-state index < -0.39 is 11.4 Å². The Kier molecular flexibility index (Phi) is 6.23. The molecule has 0 amide bonds. The summed E-state index contributed by atoms with van der Waals surface area (Å²) in [6.07, 6.45) is 12.0. The summed E-state index contributed by atoms with van der Waals surface area (Å²) in [5, 5.41) is 10.2. The minimum absolute atomic E-state index is 0.00359. The van der Waals surface area contributed by atoms with Gasteiger partial charge in [0.2, 0.25) is 0 Å². The van der Waals surface area contributed by atoms with Crippen LogP contribution in [0, 0.1) is 50.2 Å². The molecule has 4 nitrogen and oxygen atoms in total. The Morgan fingerprint density at radius 2 is 1.68 bits per heavy atom. The second kappa shape index (κ2) is 8.46. The molecule has 5 aliphatic carbocycles. The van der Waals surface area contributed by atoms with Crippen molar-refractivity contribution in [2.45, 2.75) is 126 Å². The molecule has 8 unspecified atom stereocenters. The first-order valence-electron chi connectivity index (χ1n) is 15.3. The van der Waals surface area contributed by atoms with Crippen molar-refractivity contribution in [3.63, 3.8) is 0 Å². The van der Waals surface area contributed by atoms with Crippen LogP contribution in [0.15, 0.2) is 24.0 Å². The quantitative estimate of drug-likeness (QED) is 0.375. The number of ketones is 1. The SMILES string of the molecule is C=C(C)OC1CCC2(C)C(CCC3(C)C2C(=O)C=C2C4C[C@@](C)(C(=O)O)CCC4(CC)CCC23C)C1(C)C. The maximum Gasteiger partial charge on any atom is 0.309 e. The van der Waals surface area contributed by atoms with Crippen molar-refractivity contribution in [2.75, 3.05) is 0 Å². The van der Waals surface area contributed by atoms with Gasteiger partial charge in [0.05, 0.1) is 11.2 Å². The molecule has 4 heteroatoms. The van der Waals surface area contributed by atoms with Gasteiger partial charge in [-0.15, -0.1) is 0 Å². The zero-order valence-electron chi connectivity index (χ0n) is 25.3. The van der Waals surface area contributed by atoms with E-state index in [1.165, 1.54) is 5.57 Å². The fraction of sp³-hybridized carbons (Fsp3) is 0.824. The maximum atomic E-state index is 14.5. The number of hydrogen-bond donors (Lipinski definition) is 1. The number of ether oxygens (including phenoxy) is 1. The molecular weight excluding hydrogens is 472 g/mol. The van der Waals surface area contributed by atoms with Gasteiger partial charge in [0, 0.05) is 11.3 Å². The Morgan fingerprint density at radius 3 is 2.29 bits per heavy atom. The Balaban J connectivity index is 1.59. The first-order chi connectivity index (χ1) is 17.5. The molecule has 0 bridgehead atoms. The van der Waals surface area contributed by atoms with Crippen LogP contribution >= 0.6 is 0 Å². The van der Waals surface area contributed by atoms with Gasteiger partial charge in [0.25, 0.3) is 0 Å². The number of carboxylic acids is 1. The van der Waals surface area contributed by atoms with Crippen LogP contribution in [0.25, 0.3) is 0 Å². The summed E-state index contributed by atoms with van der Waals surface area (Å²) < 4.78 is 6.28. The highest BCUT2D eigenvalue weighted by Gasteiger charge is 2.70. The van der Waals surface area contributed by atoms with Gasteiger partial charge in [0.1, 0.15) is 6.10 Å². The third kappa shape index (κ3) is 3.46. The fourth-order valence-electron chi connectivity index (χ4n) is 11.3. The number of carboxylic acid groups (broad SMARTS) is 1. The number of allylic oxidation sites excluding steroid dienone is 3. The predicted molar refractivity (Wildman–Crippen MR) is 151 cm³/mol.